The van der Waals surface area contributed by atoms with Crippen molar-refractivity contribution in [3.63, 3.8) is 0 Å². The molecule has 4 aromatic rings. The molecule has 10 heteroatoms. The van der Waals surface area contributed by atoms with Gasteiger partial charge in [-0.15, -0.1) is 0 Å². The summed E-state index contributed by atoms with van der Waals surface area (Å²) in [5.41, 5.74) is 16.0. The Labute approximate surface area is 304 Å². The monoisotopic (exact) mass is 711 g/mol. The molecule has 2 amide bonds. The molecule has 0 aliphatic carbocycles. The molecule has 0 fully saturated rings. The van der Waals surface area contributed by atoms with Crippen molar-refractivity contribution in [1.82, 2.24) is 13.8 Å². The van der Waals surface area contributed by atoms with E-state index >= 15 is 0 Å². The molecule has 2 aliphatic heterocycles. The predicted octanol–water partition coefficient (Wildman–Crippen LogP) is 7.09. The van der Waals surface area contributed by atoms with Crippen LogP contribution in [0.5, 0.6) is 0 Å². The van der Waals surface area contributed by atoms with Gasteiger partial charge in [0.2, 0.25) is 6.41 Å². The molecule has 0 saturated heterocycles. The number of primary amides is 1. The van der Waals surface area contributed by atoms with Crippen molar-refractivity contribution in [3.05, 3.63) is 111 Å². The first-order valence-corrected chi connectivity index (χ1v) is 19.7. The molecular formula is C41H53N5O4S. The number of para-hydroxylation sites is 1. The number of nitrogens with one attached hydrogen (secondary N) is 1. The Hall–Kier alpha value is -4.41. The summed E-state index contributed by atoms with van der Waals surface area (Å²) in [6.07, 6.45) is 8.10. The van der Waals surface area contributed by atoms with E-state index in [1.165, 1.54) is 32.3 Å². The van der Waals surface area contributed by atoms with E-state index in [1.807, 2.05) is 35.2 Å². The van der Waals surface area contributed by atoms with Gasteiger partial charge in [0, 0.05) is 55.2 Å². The van der Waals surface area contributed by atoms with Crippen LogP contribution in [-0.4, -0.2) is 47.1 Å². The van der Waals surface area contributed by atoms with E-state index in [9.17, 15) is 13.2 Å². The van der Waals surface area contributed by atoms with Gasteiger partial charge in [0.1, 0.15) is 0 Å². The lowest BCUT2D eigenvalue weighted by Gasteiger charge is -2.36. The molecular weight excluding hydrogens is 659 g/mol. The van der Waals surface area contributed by atoms with E-state index in [2.05, 4.69) is 74.0 Å². The minimum absolute atomic E-state index is 0.00703. The second-order valence-corrected chi connectivity index (χ2v) is 15.4. The average molecular weight is 712 g/mol. The van der Waals surface area contributed by atoms with Gasteiger partial charge in [0.25, 0.3) is 5.91 Å². The third-order valence-corrected chi connectivity index (χ3v) is 11.9. The van der Waals surface area contributed by atoms with E-state index in [-0.39, 0.29) is 24.9 Å². The van der Waals surface area contributed by atoms with Crippen molar-refractivity contribution in [3.8, 4) is 11.3 Å². The molecule has 272 valence electrons. The van der Waals surface area contributed by atoms with Crippen LogP contribution < -0.4 is 10.5 Å². The Bertz CT molecular complexity index is 1950. The number of unbranched alkanes of at least 4 members (excludes halogenated alkanes) is 2. The fraction of sp³-hybridized carbons (Fsp3) is 0.415. The third-order valence-electron chi connectivity index (χ3n) is 10.4. The van der Waals surface area contributed by atoms with Gasteiger partial charge >= 0.3 is 10.2 Å². The minimum Gasteiger partial charge on any atom is -0.372 e. The lowest BCUT2D eigenvalue weighted by Crippen LogP contribution is -2.43. The Kier molecular flexibility index (Phi) is 12.4. The molecule has 0 bridgehead atoms. The number of rotatable bonds is 11. The smallest absolute Gasteiger partial charge is 0.301 e. The number of carbonyl (C=O) groups is 2. The highest BCUT2D eigenvalue weighted by Crippen LogP contribution is 2.39. The molecule has 2 aliphatic rings. The summed E-state index contributed by atoms with van der Waals surface area (Å²) in [7, 11) is -1.64. The van der Waals surface area contributed by atoms with Crippen LogP contribution in [0.4, 0.5) is 5.69 Å². The Morgan fingerprint density at radius 1 is 0.902 bits per heavy atom. The molecule has 0 unspecified atom stereocenters. The first-order valence-electron chi connectivity index (χ1n) is 18.2. The Balaban J connectivity index is 0.00000162. The van der Waals surface area contributed by atoms with Gasteiger partial charge in [0.05, 0.1) is 5.69 Å². The van der Waals surface area contributed by atoms with Crippen LogP contribution in [0.3, 0.4) is 0 Å². The molecule has 1 atom stereocenters. The Morgan fingerprint density at radius 3 is 2.20 bits per heavy atom. The number of amides is 2. The van der Waals surface area contributed by atoms with Gasteiger partial charge in [0.15, 0.2) is 0 Å². The van der Waals surface area contributed by atoms with Crippen LogP contribution in [0.2, 0.25) is 0 Å². The van der Waals surface area contributed by atoms with Crippen LogP contribution in [0.1, 0.15) is 95.9 Å². The highest BCUT2D eigenvalue weighted by atomic mass is 32.2. The van der Waals surface area contributed by atoms with E-state index in [0.29, 0.717) is 30.8 Å². The molecule has 51 heavy (non-hydrogen) atoms. The molecule has 3 aromatic carbocycles. The third kappa shape index (κ3) is 8.23. The summed E-state index contributed by atoms with van der Waals surface area (Å²) in [6, 6.07) is 21.7. The molecule has 3 heterocycles. The maximum Gasteiger partial charge on any atom is 0.301 e. The quantitative estimate of drug-likeness (QED) is 0.162. The predicted molar refractivity (Wildman–Crippen MR) is 206 cm³/mol. The van der Waals surface area contributed by atoms with Crippen LogP contribution in [0, 0.1) is 6.92 Å². The summed E-state index contributed by atoms with van der Waals surface area (Å²) in [4.78, 5) is 25.5. The van der Waals surface area contributed by atoms with Crippen molar-refractivity contribution < 1.29 is 18.0 Å². The average Bonchev–Trinajstić information content (AvgIpc) is 3.36. The summed E-state index contributed by atoms with van der Waals surface area (Å²) >= 11 is 0. The fourth-order valence-electron chi connectivity index (χ4n) is 7.57. The van der Waals surface area contributed by atoms with E-state index in [4.69, 9.17) is 4.79 Å². The Morgan fingerprint density at radius 2 is 1.53 bits per heavy atom. The number of carbonyl (C=O) groups excluding carboxylic acids is 2. The van der Waals surface area contributed by atoms with Gasteiger partial charge in [-0.1, -0.05) is 69.2 Å². The van der Waals surface area contributed by atoms with Crippen molar-refractivity contribution in [1.29, 1.82) is 0 Å². The van der Waals surface area contributed by atoms with Crippen molar-refractivity contribution >= 4 is 28.2 Å². The first kappa shape index (κ1) is 37.8. The molecule has 0 radical (unpaired) electrons. The maximum absolute atomic E-state index is 14.9. The number of fused-ring (bicyclic) bond motifs is 2. The van der Waals surface area contributed by atoms with Crippen molar-refractivity contribution in [2.24, 2.45) is 12.8 Å². The minimum atomic E-state index is -3.79. The highest BCUT2D eigenvalue weighted by molar-refractivity contribution is 7.90. The van der Waals surface area contributed by atoms with Crippen LogP contribution in [0.15, 0.2) is 66.7 Å². The fourth-order valence-corrected chi connectivity index (χ4v) is 8.78. The molecule has 0 saturated carbocycles. The van der Waals surface area contributed by atoms with Gasteiger partial charge in [-0.2, -0.15) is 12.7 Å². The second-order valence-electron chi connectivity index (χ2n) is 13.8. The zero-order chi connectivity index (χ0) is 36.7. The summed E-state index contributed by atoms with van der Waals surface area (Å²) in [5, 5.41) is 0. The molecule has 9 nitrogen and oxygen atoms in total. The number of aromatic nitrogens is 1. The van der Waals surface area contributed by atoms with Crippen LogP contribution >= 0.6 is 0 Å². The van der Waals surface area contributed by atoms with E-state index in [1.54, 1.807) is 12.1 Å². The molecule has 3 N–H and O–H groups in total. The summed E-state index contributed by atoms with van der Waals surface area (Å²) in [6.45, 7) is 9.98. The summed E-state index contributed by atoms with van der Waals surface area (Å²) < 4.78 is 33.6. The number of nitrogens with zero attached hydrogens (tertiary/aromatic N) is 3. The zero-order valence-electron chi connectivity index (χ0n) is 30.7. The van der Waals surface area contributed by atoms with Gasteiger partial charge in [-0.25, -0.2) is 0 Å². The number of anilines is 1. The number of nitrogens with two attached hydrogens (primary N) is 1. The largest absolute Gasteiger partial charge is 0.372 e. The van der Waals surface area contributed by atoms with Crippen LogP contribution in [-0.2, 0) is 60.8 Å². The summed E-state index contributed by atoms with van der Waals surface area (Å²) in [5.74, 6) is 0.00703. The number of hydrogen-bond donors (Lipinski definition) is 2. The highest BCUT2D eigenvalue weighted by Gasteiger charge is 2.34. The van der Waals surface area contributed by atoms with Gasteiger partial charge < -0.3 is 15.2 Å². The molecule has 1 aromatic heterocycles. The lowest BCUT2D eigenvalue weighted by atomic mass is 9.88. The van der Waals surface area contributed by atoms with E-state index < -0.39 is 10.2 Å². The number of benzene rings is 3. The molecule has 0 spiro atoms. The topological polar surface area (TPSA) is 118 Å². The van der Waals surface area contributed by atoms with Gasteiger partial charge in [-0.3, -0.25) is 14.3 Å². The van der Waals surface area contributed by atoms with Crippen molar-refractivity contribution in [2.45, 2.75) is 98.2 Å². The normalized spacial score (nSPS) is 15.7. The van der Waals surface area contributed by atoms with Gasteiger partial charge in [-0.05, 0) is 110 Å². The van der Waals surface area contributed by atoms with Crippen molar-refractivity contribution in [2.75, 3.05) is 11.3 Å². The number of hydrogen-bond acceptors (Lipinski definition) is 4. The van der Waals surface area contributed by atoms with Crippen LogP contribution in [0.25, 0.3) is 11.3 Å². The lowest BCUT2D eigenvalue weighted by molar-refractivity contribution is -0.106. The molecule has 6 rings (SSSR count). The zero-order valence-corrected chi connectivity index (χ0v) is 31.6. The standard InChI is InChI=1S/C40H50N4O3S.CH3NO/c1-6-8-19-35-29(4)42(5)39(36(35)20-9-7-2)37-24-31-21-22-43(48(46,47)41-34-17-11-10-12-18-34)26-33(31)25-38(37)40(45)44-27-32-16-14-13-15-30(32)23-28(44)3;2-1-3/h10-18,24-25,28,41H,6-9,19-23,26-27H2,1-5H3;1H,(H2,2,3)/t28-;/m1./s1. The SMILES string of the molecule is CCCCc1c(CCCC)c(-c2cc3c(cc2C(=O)N2Cc4ccccc4C[C@H]2C)CN(S(=O)(=O)Nc2ccccc2)CC3)n(C)c1C.NC=O. The second kappa shape index (κ2) is 16.7. The first-order chi connectivity index (χ1) is 24.5. The van der Waals surface area contributed by atoms with E-state index in [0.717, 1.165) is 67.3 Å². The maximum atomic E-state index is 14.9.